The number of hydrogen-bond donors (Lipinski definition) is 2. The predicted octanol–water partition coefficient (Wildman–Crippen LogP) is 3.61. The fraction of sp³-hybridized carbons (Fsp3) is 0.312. The van der Waals surface area contributed by atoms with Crippen molar-refractivity contribution < 1.29 is 13.2 Å². The summed E-state index contributed by atoms with van der Waals surface area (Å²) < 4.78 is 32.6. The largest absolute Gasteiger partial charge is 0.495 e. The number of methoxy groups -OCH3 is 1. The van der Waals surface area contributed by atoms with E-state index in [1.165, 1.54) is 19.2 Å². The molecule has 0 aliphatic heterocycles. The van der Waals surface area contributed by atoms with Gasteiger partial charge in [0, 0.05) is 11.6 Å². The van der Waals surface area contributed by atoms with Crippen molar-refractivity contribution in [3.8, 4) is 5.75 Å². The number of pyridine rings is 1. The van der Waals surface area contributed by atoms with Gasteiger partial charge in [-0.25, -0.2) is 13.4 Å². The van der Waals surface area contributed by atoms with Crippen molar-refractivity contribution in [3.05, 3.63) is 41.6 Å². The zero-order valence-corrected chi connectivity index (χ0v) is 15.3. The second-order valence-corrected chi connectivity index (χ2v) is 7.69. The molecule has 0 bridgehead atoms. The molecule has 6 nitrogen and oxygen atoms in total. The Morgan fingerprint density at radius 2 is 2.00 bits per heavy atom. The lowest BCUT2D eigenvalue weighted by molar-refractivity contribution is 0.403. The molecule has 0 saturated carbocycles. The quantitative estimate of drug-likeness (QED) is 0.779. The fourth-order valence-electron chi connectivity index (χ4n) is 1.93. The van der Waals surface area contributed by atoms with Gasteiger partial charge in [-0.1, -0.05) is 25.4 Å². The van der Waals surface area contributed by atoms with Crippen LogP contribution in [0.4, 0.5) is 11.5 Å². The van der Waals surface area contributed by atoms with Crippen molar-refractivity contribution in [2.24, 2.45) is 5.92 Å². The molecule has 0 atom stereocenters. The highest BCUT2D eigenvalue weighted by atomic mass is 35.5. The number of halogens is 1. The highest BCUT2D eigenvalue weighted by Gasteiger charge is 2.20. The van der Waals surface area contributed by atoms with Crippen molar-refractivity contribution in [1.29, 1.82) is 0 Å². The third-order valence-corrected chi connectivity index (χ3v) is 4.74. The van der Waals surface area contributed by atoms with Crippen LogP contribution in [0.2, 0.25) is 5.02 Å². The number of aromatic nitrogens is 1. The van der Waals surface area contributed by atoms with E-state index in [9.17, 15) is 8.42 Å². The number of ether oxygens (including phenoxy) is 1. The van der Waals surface area contributed by atoms with Gasteiger partial charge in [-0.2, -0.15) is 0 Å². The van der Waals surface area contributed by atoms with Crippen LogP contribution in [0.5, 0.6) is 5.75 Å². The van der Waals surface area contributed by atoms with Crippen LogP contribution in [-0.2, 0) is 10.0 Å². The molecule has 0 fully saturated rings. The monoisotopic (exact) mass is 369 g/mol. The van der Waals surface area contributed by atoms with Crippen molar-refractivity contribution in [2.75, 3.05) is 23.7 Å². The van der Waals surface area contributed by atoms with Crippen molar-refractivity contribution in [1.82, 2.24) is 4.98 Å². The van der Waals surface area contributed by atoms with Crippen molar-refractivity contribution >= 4 is 33.1 Å². The zero-order valence-electron chi connectivity index (χ0n) is 13.7. The molecule has 0 aliphatic rings. The van der Waals surface area contributed by atoms with E-state index in [0.717, 1.165) is 12.2 Å². The fourth-order valence-corrected chi connectivity index (χ4v) is 3.38. The second-order valence-electron chi connectivity index (χ2n) is 5.61. The molecule has 0 spiro atoms. The minimum absolute atomic E-state index is 0.0405. The van der Waals surface area contributed by atoms with E-state index in [1.54, 1.807) is 24.4 Å². The molecule has 2 aromatic rings. The normalized spacial score (nSPS) is 11.4. The molecule has 0 amide bonds. The first kappa shape index (κ1) is 18.4. The Bertz CT molecular complexity index is 793. The lowest BCUT2D eigenvalue weighted by Gasteiger charge is -2.12. The van der Waals surface area contributed by atoms with Crippen LogP contribution in [0, 0.1) is 5.92 Å². The molecule has 0 saturated heterocycles. The van der Waals surface area contributed by atoms with Gasteiger partial charge in [0.05, 0.1) is 19.0 Å². The van der Waals surface area contributed by atoms with Gasteiger partial charge in [-0.3, -0.25) is 4.72 Å². The number of anilines is 2. The number of rotatable bonds is 7. The highest BCUT2D eigenvalue weighted by Crippen LogP contribution is 2.28. The Morgan fingerprint density at radius 1 is 1.25 bits per heavy atom. The van der Waals surface area contributed by atoms with Gasteiger partial charge < -0.3 is 10.1 Å². The summed E-state index contributed by atoms with van der Waals surface area (Å²) in [6.45, 7) is 5.01. The molecule has 2 N–H and O–H groups in total. The molecule has 8 heteroatoms. The second kappa shape index (κ2) is 7.72. The summed E-state index contributed by atoms with van der Waals surface area (Å²) in [6.07, 6.45) is 1.58. The molecule has 1 aromatic carbocycles. The summed E-state index contributed by atoms with van der Waals surface area (Å²) in [6, 6.07) is 7.76. The topological polar surface area (TPSA) is 80.3 Å². The van der Waals surface area contributed by atoms with Crippen LogP contribution in [0.25, 0.3) is 0 Å². The average molecular weight is 370 g/mol. The Hall–Kier alpha value is -1.99. The lowest BCUT2D eigenvalue weighted by Crippen LogP contribution is -2.15. The molecule has 0 radical (unpaired) electrons. The first-order valence-electron chi connectivity index (χ1n) is 7.38. The number of hydrogen-bond acceptors (Lipinski definition) is 5. The van der Waals surface area contributed by atoms with Crippen LogP contribution in [0.1, 0.15) is 13.8 Å². The molecule has 130 valence electrons. The van der Waals surface area contributed by atoms with Gasteiger partial charge in [0.25, 0.3) is 10.0 Å². The molecule has 1 aromatic heterocycles. The van der Waals surface area contributed by atoms with E-state index in [0.29, 0.717) is 10.9 Å². The Morgan fingerprint density at radius 3 is 2.58 bits per heavy atom. The summed E-state index contributed by atoms with van der Waals surface area (Å²) in [5.41, 5.74) is 0.826. The highest BCUT2D eigenvalue weighted by molar-refractivity contribution is 7.92. The molecule has 0 unspecified atom stereocenters. The summed E-state index contributed by atoms with van der Waals surface area (Å²) in [5.74, 6) is 0.924. The summed E-state index contributed by atoms with van der Waals surface area (Å²) in [5, 5.41) is 3.52. The van der Waals surface area contributed by atoms with Gasteiger partial charge in [0.2, 0.25) is 0 Å². The third kappa shape index (κ3) is 4.75. The first-order chi connectivity index (χ1) is 11.3. The lowest BCUT2D eigenvalue weighted by atomic mass is 10.2. The van der Waals surface area contributed by atoms with Gasteiger partial charge >= 0.3 is 0 Å². The first-order valence-corrected chi connectivity index (χ1v) is 9.24. The number of benzene rings is 1. The number of sulfonamides is 1. The van der Waals surface area contributed by atoms with Gasteiger partial charge in [-0.05, 0) is 36.2 Å². The Labute approximate surface area is 147 Å². The van der Waals surface area contributed by atoms with E-state index in [2.05, 4.69) is 28.9 Å². The summed E-state index contributed by atoms with van der Waals surface area (Å²) >= 11 is 5.89. The molecule has 1 heterocycles. The maximum Gasteiger partial charge on any atom is 0.266 e. The standard InChI is InChI=1S/C16H20ClN3O3S/c1-11(2)9-18-13-5-7-16(19-10-13)20-24(21,22)15-8-12(17)4-6-14(15)23-3/h4-8,10-11,18H,9H2,1-3H3,(H,19,20). The summed E-state index contributed by atoms with van der Waals surface area (Å²) in [7, 11) is -2.46. The summed E-state index contributed by atoms with van der Waals surface area (Å²) in [4.78, 5) is 4.08. The number of nitrogens with zero attached hydrogens (tertiary/aromatic N) is 1. The molecular weight excluding hydrogens is 350 g/mol. The van der Waals surface area contributed by atoms with Gasteiger partial charge in [0.15, 0.2) is 0 Å². The molecule has 2 rings (SSSR count). The van der Waals surface area contributed by atoms with Crippen LogP contribution < -0.4 is 14.8 Å². The van der Waals surface area contributed by atoms with Crippen LogP contribution in [-0.4, -0.2) is 27.1 Å². The van der Waals surface area contributed by atoms with Crippen LogP contribution in [0.15, 0.2) is 41.4 Å². The maximum atomic E-state index is 12.5. The van der Waals surface area contributed by atoms with E-state index >= 15 is 0 Å². The van der Waals surface area contributed by atoms with E-state index in [-0.39, 0.29) is 16.5 Å². The van der Waals surface area contributed by atoms with E-state index in [1.807, 2.05) is 0 Å². The third-order valence-electron chi connectivity index (χ3n) is 3.13. The molecule has 0 aliphatic carbocycles. The minimum Gasteiger partial charge on any atom is -0.495 e. The van der Waals surface area contributed by atoms with Crippen LogP contribution >= 0.6 is 11.6 Å². The SMILES string of the molecule is COc1ccc(Cl)cc1S(=O)(=O)Nc1ccc(NCC(C)C)cn1. The Kier molecular flexibility index (Phi) is 5.90. The number of nitrogens with one attached hydrogen (secondary N) is 2. The predicted molar refractivity (Wildman–Crippen MR) is 96.4 cm³/mol. The Balaban J connectivity index is 2.19. The average Bonchev–Trinajstić information content (AvgIpc) is 2.54. The van der Waals surface area contributed by atoms with E-state index < -0.39 is 10.0 Å². The smallest absolute Gasteiger partial charge is 0.266 e. The molecule has 24 heavy (non-hydrogen) atoms. The maximum absolute atomic E-state index is 12.5. The van der Waals surface area contributed by atoms with Crippen molar-refractivity contribution in [2.45, 2.75) is 18.7 Å². The van der Waals surface area contributed by atoms with E-state index in [4.69, 9.17) is 16.3 Å². The zero-order chi connectivity index (χ0) is 17.7. The van der Waals surface area contributed by atoms with Crippen molar-refractivity contribution in [3.63, 3.8) is 0 Å². The van der Waals surface area contributed by atoms with Gasteiger partial charge in [0.1, 0.15) is 16.5 Å². The van der Waals surface area contributed by atoms with Gasteiger partial charge in [-0.15, -0.1) is 0 Å². The van der Waals surface area contributed by atoms with Crippen LogP contribution in [0.3, 0.4) is 0 Å². The minimum atomic E-state index is -3.86. The molecular formula is C16H20ClN3O3S.